The Morgan fingerprint density at radius 1 is 0.837 bits per heavy atom. The Morgan fingerprint density at radius 2 is 1.42 bits per heavy atom. The zero-order valence-corrected chi connectivity index (χ0v) is 24.3. The van der Waals surface area contributed by atoms with Gasteiger partial charge in [0.05, 0.1) is 83.7 Å². The first-order chi connectivity index (χ1) is 21.0. The number of phenolic OH excluding ortho intramolecular Hbond substituents is 1. The maximum Gasteiger partial charge on any atom is 0.205 e. The minimum atomic E-state index is -0.262. The number of phenols is 1. The van der Waals surface area contributed by atoms with Crippen molar-refractivity contribution in [1.82, 2.24) is 5.01 Å². The van der Waals surface area contributed by atoms with Gasteiger partial charge in [0.1, 0.15) is 12.4 Å². The monoisotopic (exact) mass is 602 g/mol. The highest BCUT2D eigenvalue weighted by molar-refractivity contribution is 5.86. The first-order valence-electron chi connectivity index (χ1n) is 14.0. The van der Waals surface area contributed by atoms with Crippen LogP contribution in [-0.2, 0) is 23.7 Å². The SMILES string of the molecule is NCCOCCOCCOCCOCCOCCN(N)/C=C(\N)COc1c(O)ccc2c(=O)cc(-c3ccccc3)oc12. The van der Waals surface area contributed by atoms with E-state index in [9.17, 15) is 9.90 Å². The van der Waals surface area contributed by atoms with Gasteiger partial charge in [-0.15, -0.1) is 0 Å². The van der Waals surface area contributed by atoms with E-state index in [0.29, 0.717) is 84.9 Å². The quantitative estimate of drug-likeness (QED) is 0.0738. The molecule has 13 nitrogen and oxygen atoms in total. The normalized spacial score (nSPS) is 11.7. The summed E-state index contributed by atoms with van der Waals surface area (Å²) in [4.78, 5) is 12.7. The summed E-state index contributed by atoms with van der Waals surface area (Å²) in [6.45, 7) is 5.42. The van der Waals surface area contributed by atoms with Crippen LogP contribution < -0.4 is 27.5 Å². The summed E-state index contributed by atoms with van der Waals surface area (Å²) >= 11 is 0. The maximum atomic E-state index is 12.7. The van der Waals surface area contributed by atoms with E-state index in [0.717, 1.165) is 5.56 Å². The lowest BCUT2D eigenvalue weighted by atomic mass is 10.1. The molecule has 0 saturated heterocycles. The number of benzene rings is 2. The first kappa shape index (κ1) is 33.8. The second kappa shape index (κ2) is 19.5. The first-order valence-corrected chi connectivity index (χ1v) is 14.0. The van der Waals surface area contributed by atoms with E-state index in [2.05, 4.69) is 0 Å². The highest BCUT2D eigenvalue weighted by Crippen LogP contribution is 2.35. The number of nitrogens with two attached hydrogens (primary N) is 3. The molecule has 3 rings (SSSR count). The molecule has 1 heterocycles. The Bertz CT molecular complexity index is 1300. The third-order valence-electron chi connectivity index (χ3n) is 5.85. The molecule has 0 aliphatic heterocycles. The van der Waals surface area contributed by atoms with Crippen LogP contribution in [0, 0.1) is 0 Å². The molecule has 0 spiro atoms. The molecule has 0 aliphatic rings. The summed E-state index contributed by atoms with van der Waals surface area (Å²) in [6.07, 6.45) is 1.50. The highest BCUT2D eigenvalue weighted by atomic mass is 16.6. The zero-order valence-electron chi connectivity index (χ0n) is 24.3. The zero-order chi connectivity index (χ0) is 30.7. The molecule has 3 aromatic rings. The third-order valence-corrected chi connectivity index (χ3v) is 5.85. The standard InChI is InChI=1S/C30H42N4O9/c31-8-10-37-12-14-39-16-18-41-19-17-40-15-13-38-11-9-34(33)21-24(32)22-42-30-26(35)7-6-25-27(36)20-28(43-29(25)30)23-4-2-1-3-5-23/h1-7,20-21,35H,8-19,22,31-33H2/b24-21-. The van der Waals surface area contributed by atoms with Crippen LogP contribution in [0.15, 0.2) is 69.6 Å². The summed E-state index contributed by atoms with van der Waals surface area (Å²) in [6, 6.07) is 13.4. The number of nitrogens with zero attached hydrogens (tertiary/aromatic N) is 1. The molecule has 0 unspecified atom stereocenters. The molecule has 1 aromatic heterocycles. The van der Waals surface area contributed by atoms with Crippen LogP contribution in [0.2, 0.25) is 0 Å². The second-order valence-electron chi connectivity index (χ2n) is 9.21. The molecular formula is C30H42N4O9. The highest BCUT2D eigenvalue weighted by Gasteiger charge is 2.16. The molecule has 0 aliphatic carbocycles. The van der Waals surface area contributed by atoms with E-state index < -0.39 is 0 Å². The van der Waals surface area contributed by atoms with Gasteiger partial charge < -0.3 is 54.4 Å². The Labute approximate surface area is 250 Å². The molecule has 43 heavy (non-hydrogen) atoms. The lowest BCUT2D eigenvalue weighted by molar-refractivity contribution is -0.0112. The van der Waals surface area contributed by atoms with Gasteiger partial charge in [0, 0.05) is 24.4 Å². The Morgan fingerprint density at radius 3 is 2.02 bits per heavy atom. The van der Waals surface area contributed by atoms with Crippen molar-refractivity contribution < 1.29 is 37.9 Å². The fourth-order valence-corrected chi connectivity index (χ4v) is 3.77. The van der Waals surface area contributed by atoms with Gasteiger partial charge in [0.2, 0.25) is 5.75 Å². The topological polar surface area (TPSA) is 187 Å². The van der Waals surface area contributed by atoms with Crippen LogP contribution in [0.5, 0.6) is 11.5 Å². The van der Waals surface area contributed by atoms with E-state index in [4.69, 9.17) is 50.1 Å². The van der Waals surface area contributed by atoms with Gasteiger partial charge in [-0.1, -0.05) is 30.3 Å². The molecular weight excluding hydrogens is 560 g/mol. The number of hydrazine groups is 1. The minimum absolute atomic E-state index is 0.0125. The molecule has 13 heteroatoms. The van der Waals surface area contributed by atoms with Crippen molar-refractivity contribution in [2.45, 2.75) is 0 Å². The van der Waals surface area contributed by atoms with Gasteiger partial charge in [-0.05, 0) is 12.1 Å². The predicted octanol–water partition coefficient (Wildman–Crippen LogP) is 1.56. The van der Waals surface area contributed by atoms with E-state index in [-0.39, 0.29) is 40.2 Å². The van der Waals surface area contributed by atoms with Crippen LogP contribution >= 0.6 is 0 Å². The predicted molar refractivity (Wildman–Crippen MR) is 161 cm³/mol. The lowest BCUT2D eigenvalue weighted by Gasteiger charge is -2.16. The maximum absolute atomic E-state index is 12.7. The minimum Gasteiger partial charge on any atom is -0.504 e. The van der Waals surface area contributed by atoms with Crippen LogP contribution in [-0.4, -0.2) is 95.9 Å². The van der Waals surface area contributed by atoms with Crippen molar-refractivity contribution in [2.75, 3.05) is 85.8 Å². The van der Waals surface area contributed by atoms with E-state index in [1.807, 2.05) is 30.3 Å². The molecule has 0 amide bonds. The molecule has 7 N–H and O–H groups in total. The van der Waals surface area contributed by atoms with Crippen LogP contribution in [0.3, 0.4) is 0 Å². The molecule has 0 saturated carbocycles. The summed E-state index contributed by atoms with van der Waals surface area (Å²) in [7, 11) is 0. The van der Waals surface area contributed by atoms with Crippen molar-refractivity contribution >= 4 is 11.0 Å². The average Bonchev–Trinajstić information content (AvgIpc) is 3.00. The van der Waals surface area contributed by atoms with Crippen molar-refractivity contribution in [3.05, 3.63) is 70.7 Å². The second-order valence-corrected chi connectivity index (χ2v) is 9.21. The van der Waals surface area contributed by atoms with Crippen molar-refractivity contribution in [1.29, 1.82) is 0 Å². The van der Waals surface area contributed by atoms with Gasteiger partial charge in [-0.25, -0.2) is 5.84 Å². The fraction of sp³-hybridized carbons (Fsp3) is 0.433. The third kappa shape index (κ3) is 12.2. The number of hydrogen-bond acceptors (Lipinski definition) is 13. The summed E-state index contributed by atoms with van der Waals surface area (Å²) in [5, 5.41) is 12.1. The van der Waals surface area contributed by atoms with E-state index in [1.165, 1.54) is 29.4 Å². The smallest absolute Gasteiger partial charge is 0.205 e. The Hall–Kier alpha value is -3.69. The number of fused-ring (bicyclic) bond motifs is 1. The van der Waals surface area contributed by atoms with Gasteiger partial charge in [0.25, 0.3) is 0 Å². The van der Waals surface area contributed by atoms with Gasteiger partial charge in [0.15, 0.2) is 16.8 Å². The molecule has 0 fully saturated rings. The van der Waals surface area contributed by atoms with Gasteiger partial charge in [-0.2, -0.15) is 0 Å². The Balaban J connectivity index is 1.32. The largest absolute Gasteiger partial charge is 0.504 e. The van der Waals surface area contributed by atoms with Gasteiger partial charge in [-0.3, -0.25) is 4.79 Å². The van der Waals surface area contributed by atoms with Crippen molar-refractivity contribution in [3.8, 4) is 22.8 Å². The fourth-order valence-electron chi connectivity index (χ4n) is 3.77. The van der Waals surface area contributed by atoms with Crippen molar-refractivity contribution in [2.24, 2.45) is 17.3 Å². The van der Waals surface area contributed by atoms with Crippen LogP contribution in [0.4, 0.5) is 0 Å². The molecule has 0 atom stereocenters. The van der Waals surface area contributed by atoms with Gasteiger partial charge >= 0.3 is 0 Å². The molecule has 0 radical (unpaired) electrons. The summed E-state index contributed by atoms with van der Waals surface area (Å²) in [5.41, 5.74) is 12.3. The summed E-state index contributed by atoms with van der Waals surface area (Å²) in [5.74, 6) is 6.17. The van der Waals surface area contributed by atoms with Crippen LogP contribution in [0.1, 0.15) is 0 Å². The average molecular weight is 603 g/mol. The number of ether oxygens (including phenoxy) is 6. The molecule has 2 aromatic carbocycles. The number of rotatable bonds is 22. The summed E-state index contributed by atoms with van der Waals surface area (Å²) < 4.78 is 38.7. The van der Waals surface area contributed by atoms with Crippen molar-refractivity contribution in [3.63, 3.8) is 0 Å². The Kier molecular flexibility index (Phi) is 15.3. The lowest BCUT2D eigenvalue weighted by Crippen LogP contribution is -2.31. The molecule has 0 bridgehead atoms. The number of aromatic hydroxyl groups is 1. The molecule has 236 valence electrons. The number of hydrogen-bond donors (Lipinski definition) is 4. The van der Waals surface area contributed by atoms with E-state index in [1.54, 1.807) is 0 Å². The van der Waals surface area contributed by atoms with Crippen LogP contribution in [0.25, 0.3) is 22.3 Å². The van der Waals surface area contributed by atoms with E-state index >= 15 is 0 Å².